The molecule has 0 radical (unpaired) electrons. The molecule has 0 unspecified atom stereocenters. The maximum atomic E-state index is 5.73. The van der Waals surface area contributed by atoms with E-state index in [1.54, 1.807) is 12.4 Å². The fourth-order valence-electron chi connectivity index (χ4n) is 3.90. The van der Waals surface area contributed by atoms with Gasteiger partial charge < -0.3 is 19.8 Å². The van der Waals surface area contributed by atoms with Crippen molar-refractivity contribution >= 4 is 11.8 Å². The van der Waals surface area contributed by atoms with Crippen LogP contribution in [0.4, 0.5) is 11.8 Å². The van der Waals surface area contributed by atoms with E-state index >= 15 is 0 Å². The third-order valence-electron chi connectivity index (χ3n) is 5.43. The highest BCUT2D eigenvalue weighted by atomic mass is 15.3. The van der Waals surface area contributed by atoms with Gasteiger partial charge in [-0.1, -0.05) is 0 Å². The van der Waals surface area contributed by atoms with Gasteiger partial charge in [-0.25, -0.2) is 9.97 Å². The van der Waals surface area contributed by atoms with E-state index in [9.17, 15) is 0 Å². The van der Waals surface area contributed by atoms with Gasteiger partial charge in [0, 0.05) is 43.6 Å². The van der Waals surface area contributed by atoms with Crippen molar-refractivity contribution in [2.24, 2.45) is 0 Å². The highest BCUT2D eigenvalue weighted by molar-refractivity contribution is 5.41. The van der Waals surface area contributed by atoms with Crippen LogP contribution >= 0.6 is 0 Å². The van der Waals surface area contributed by atoms with Gasteiger partial charge in [0.25, 0.3) is 0 Å². The van der Waals surface area contributed by atoms with E-state index < -0.39 is 0 Å². The van der Waals surface area contributed by atoms with Crippen LogP contribution in [0.15, 0.2) is 31.0 Å². The summed E-state index contributed by atoms with van der Waals surface area (Å²) in [5.74, 6) is 3.86. The lowest BCUT2D eigenvalue weighted by molar-refractivity contribution is 0.459. The third kappa shape index (κ3) is 3.24. The Hall–Kier alpha value is -2.97. The first-order valence-corrected chi connectivity index (χ1v) is 9.51. The summed E-state index contributed by atoms with van der Waals surface area (Å²) in [7, 11) is 0. The molecule has 27 heavy (non-hydrogen) atoms. The van der Waals surface area contributed by atoms with Crippen molar-refractivity contribution in [3.8, 4) is 0 Å². The lowest BCUT2D eigenvalue weighted by Crippen LogP contribution is -2.34. The Morgan fingerprint density at radius 3 is 2.63 bits per heavy atom. The zero-order chi connectivity index (χ0) is 18.2. The second kappa shape index (κ2) is 6.64. The number of nitrogen functional groups attached to an aromatic ring is 1. The Morgan fingerprint density at radius 2 is 1.93 bits per heavy atom. The molecule has 0 bridgehead atoms. The van der Waals surface area contributed by atoms with Gasteiger partial charge in [-0.15, -0.1) is 10.2 Å². The van der Waals surface area contributed by atoms with Gasteiger partial charge in [0.2, 0.25) is 5.95 Å². The van der Waals surface area contributed by atoms with Crippen LogP contribution < -0.4 is 10.6 Å². The first kappa shape index (κ1) is 16.2. The summed E-state index contributed by atoms with van der Waals surface area (Å²) < 4.78 is 4.44. The molecule has 1 saturated heterocycles. The minimum absolute atomic E-state index is 0.326. The summed E-state index contributed by atoms with van der Waals surface area (Å²) in [6.07, 6.45) is 11.8. The van der Waals surface area contributed by atoms with Gasteiger partial charge in [0.1, 0.15) is 11.6 Å². The van der Waals surface area contributed by atoms with Crippen LogP contribution in [0, 0.1) is 0 Å². The van der Waals surface area contributed by atoms with E-state index in [2.05, 4.69) is 39.2 Å². The van der Waals surface area contributed by atoms with E-state index in [0.29, 0.717) is 17.9 Å². The molecule has 1 aliphatic heterocycles. The zero-order valence-electron chi connectivity index (χ0n) is 15.1. The van der Waals surface area contributed by atoms with E-state index in [0.717, 1.165) is 49.9 Å². The van der Waals surface area contributed by atoms with Crippen LogP contribution in [-0.4, -0.2) is 47.4 Å². The maximum Gasteiger partial charge on any atom is 0.221 e. The number of rotatable bonds is 5. The minimum Gasteiger partial charge on any atom is -0.368 e. The number of hydrogen-bond donors (Lipinski definition) is 1. The van der Waals surface area contributed by atoms with Gasteiger partial charge in [0.15, 0.2) is 5.82 Å². The number of hydrogen-bond acceptors (Lipinski definition) is 7. The van der Waals surface area contributed by atoms with Gasteiger partial charge in [0.05, 0.1) is 12.9 Å². The zero-order valence-corrected chi connectivity index (χ0v) is 15.1. The van der Waals surface area contributed by atoms with Gasteiger partial charge in [-0.2, -0.15) is 4.98 Å². The van der Waals surface area contributed by atoms with Gasteiger partial charge in [-0.3, -0.25) is 0 Å². The van der Waals surface area contributed by atoms with Gasteiger partial charge >= 0.3 is 0 Å². The standard InChI is InChI=1S/C18H23N9/c19-18-21-6-3-15(22-18)26-8-4-13(5-9-26)17-24-23-16(27(17)14-1-2-14)11-25-10-7-20-12-25/h3,6-7,10,12-14H,1-2,4-5,8-9,11H2,(H2,19,21,22). The summed E-state index contributed by atoms with van der Waals surface area (Å²) >= 11 is 0. The molecule has 1 aliphatic carbocycles. The molecule has 0 atom stereocenters. The molecule has 3 aromatic heterocycles. The molecule has 1 saturated carbocycles. The quantitative estimate of drug-likeness (QED) is 0.732. The van der Waals surface area contributed by atoms with Crippen LogP contribution in [0.2, 0.25) is 0 Å². The lowest BCUT2D eigenvalue weighted by atomic mass is 9.96. The van der Waals surface area contributed by atoms with Crippen LogP contribution in [0.1, 0.15) is 49.3 Å². The van der Waals surface area contributed by atoms with E-state index in [4.69, 9.17) is 5.73 Å². The SMILES string of the molecule is Nc1nccc(N2CCC(c3nnc(Cn4ccnc4)n3C3CC3)CC2)n1. The summed E-state index contributed by atoms with van der Waals surface area (Å²) in [6, 6.07) is 2.49. The average molecular weight is 365 g/mol. The highest BCUT2D eigenvalue weighted by Crippen LogP contribution is 2.40. The van der Waals surface area contributed by atoms with Crippen molar-refractivity contribution < 1.29 is 0 Å². The summed E-state index contributed by atoms with van der Waals surface area (Å²) in [5, 5.41) is 9.14. The Bertz CT molecular complexity index is 905. The molecular weight excluding hydrogens is 342 g/mol. The Morgan fingerprint density at radius 1 is 1.07 bits per heavy atom. The van der Waals surface area contributed by atoms with Crippen molar-refractivity contribution in [2.45, 2.75) is 44.2 Å². The number of piperidine rings is 1. The predicted molar refractivity (Wildman–Crippen MR) is 100 cm³/mol. The second-order valence-corrected chi connectivity index (χ2v) is 7.34. The predicted octanol–water partition coefficient (Wildman–Crippen LogP) is 1.61. The average Bonchev–Trinajstić information content (AvgIpc) is 3.23. The summed E-state index contributed by atoms with van der Waals surface area (Å²) in [5.41, 5.74) is 5.73. The molecule has 0 aromatic carbocycles. The molecule has 9 nitrogen and oxygen atoms in total. The summed E-state index contributed by atoms with van der Waals surface area (Å²) in [4.78, 5) is 14.7. The molecule has 3 aromatic rings. The molecule has 5 rings (SSSR count). The maximum absolute atomic E-state index is 5.73. The van der Waals surface area contributed by atoms with Crippen LogP contribution in [0.5, 0.6) is 0 Å². The van der Waals surface area contributed by atoms with Crippen LogP contribution in [0.3, 0.4) is 0 Å². The van der Waals surface area contributed by atoms with Crippen LogP contribution in [0.25, 0.3) is 0 Å². The number of aromatic nitrogens is 7. The fraction of sp³-hybridized carbons (Fsp3) is 0.500. The fourth-order valence-corrected chi connectivity index (χ4v) is 3.90. The first-order valence-electron chi connectivity index (χ1n) is 9.51. The highest BCUT2D eigenvalue weighted by Gasteiger charge is 2.33. The van der Waals surface area contributed by atoms with Crippen molar-refractivity contribution in [1.82, 2.24) is 34.3 Å². The van der Waals surface area contributed by atoms with E-state index in [1.807, 2.05) is 18.6 Å². The molecule has 0 amide bonds. The molecule has 2 aliphatic rings. The number of anilines is 2. The van der Waals surface area contributed by atoms with Crippen LogP contribution in [-0.2, 0) is 6.54 Å². The Balaban J connectivity index is 1.33. The van der Waals surface area contributed by atoms with Crippen molar-refractivity contribution in [1.29, 1.82) is 0 Å². The Kier molecular flexibility index (Phi) is 3.99. The molecule has 9 heteroatoms. The molecule has 0 spiro atoms. The third-order valence-corrected chi connectivity index (χ3v) is 5.43. The number of nitrogens with zero attached hydrogens (tertiary/aromatic N) is 8. The first-order chi connectivity index (χ1) is 13.3. The minimum atomic E-state index is 0.326. The number of imidazole rings is 1. The molecule has 2 N–H and O–H groups in total. The normalized spacial score (nSPS) is 18.1. The van der Waals surface area contributed by atoms with E-state index in [-0.39, 0.29) is 0 Å². The second-order valence-electron chi connectivity index (χ2n) is 7.34. The van der Waals surface area contributed by atoms with Crippen molar-refractivity contribution in [3.05, 3.63) is 42.6 Å². The van der Waals surface area contributed by atoms with E-state index in [1.165, 1.54) is 12.8 Å². The summed E-state index contributed by atoms with van der Waals surface area (Å²) in [6.45, 7) is 2.60. The monoisotopic (exact) mass is 365 g/mol. The lowest BCUT2D eigenvalue weighted by Gasteiger charge is -2.32. The topological polar surface area (TPSA) is 104 Å². The van der Waals surface area contributed by atoms with Crippen molar-refractivity contribution in [2.75, 3.05) is 23.7 Å². The molecule has 2 fully saturated rings. The molecule has 140 valence electrons. The number of nitrogens with two attached hydrogens (primary N) is 1. The van der Waals surface area contributed by atoms with Gasteiger partial charge in [-0.05, 0) is 31.7 Å². The Labute approximate surface area is 157 Å². The largest absolute Gasteiger partial charge is 0.368 e. The van der Waals surface area contributed by atoms with Crippen molar-refractivity contribution in [3.63, 3.8) is 0 Å². The smallest absolute Gasteiger partial charge is 0.221 e. The molecular formula is C18H23N9. The molecule has 4 heterocycles.